The maximum absolute atomic E-state index is 14.4. The number of rotatable bonds is 3. The minimum Gasteiger partial charge on any atom is -0.355 e. The molecule has 0 unspecified atom stereocenters. The summed E-state index contributed by atoms with van der Waals surface area (Å²) in [5.41, 5.74) is 5.88. The van der Waals surface area contributed by atoms with E-state index in [0.29, 0.717) is 41.8 Å². The van der Waals surface area contributed by atoms with Gasteiger partial charge < -0.3 is 10.6 Å². The van der Waals surface area contributed by atoms with E-state index in [2.05, 4.69) is 14.9 Å². The number of nitrogens with two attached hydrogens (primary N) is 1. The second-order valence-corrected chi connectivity index (χ2v) is 7.32. The summed E-state index contributed by atoms with van der Waals surface area (Å²) in [5, 5.41) is 0.940. The lowest BCUT2D eigenvalue weighted by Gasteiger charge is -2.36. The monoisotopic (exact) mass is 393 g/mol. The van der Waals surface area contributed by atoms with Gasteiger partial charge in [0.1, 0.15) is 17.0 Å². The van der Waals surface area contributed by atoms with Crippen LogP contribution in [-0.2, 0) is 0 Å². The molecule has 5 nitrogen and oxygen atoms in total. The molecule has 1 aromatic carbocycles. The van der Waals surface area contributed by atoms with E-state index >= 15 is 0 Å². The molecule has 3 aromatic rings. The average Bonchev–Trinajstić information content (AvgIpc) is 3.09. The Morgan fingerprint density at radius 2 is 1.96 bits per heavy atom. The Balaban J connectivity index is 1.74. The number of fused-ring (bicyclic) bond motifs is 1. The van der Waals surface area contributed by atoms with Crippen LogP contribution in [-0.4, -0.2) is 39.7 Å². The van der Waals surface area contributed by atoms with Crippen molar-refractivity contribution in [3.63, 3.8) is 0 Å². The Bertz CT molecular complexity index is 950. The van der Waals surface area contributed by atoms with Crippen molar-refractivity contribution in [2.24, 2.45) is 5.73 Å². The van der Waals surface area contributed by atoms with E-state index in [1.165, 1.54) is 0 Å². The topological polar surface area (TPSA) is 59.5 Å². The summed E-state index contributed by atoms with van der Waals surface area (Å²) in [7, 11) is 0. The molecule has 3 heterocycles. The number of alkyl halides is 1. The Morgan fingerprint density at radius 3 is 2.69 bits per heavy atom. The van der Waals surface area contributed by atoms with Crippen molar-refractivity contribution in [1.82, 2.24) is 14.4 Å². The molecule has 0 radical (unpaired) electrons. The second-order valence-electron chi connectivity index (χ2n) is 6.53. The van der Waals surface area contributed by atoms with E-state index in [1.54, 1.807) is 18.5 Å². The lowest BCUT2D eigenvalue weighted by molar-refractivity contribution is 0.135. The Morgan fingerprint density at radius 1 is 1.19 bits per heavy atom. The lowest BCUT2D eigenvalue weighted by Crippen LogP contribution is -2.46. The summed E-state index contributed by atoms with van der Waals surface area (Å²) in [6.45, 7) is 1.19. The summed E-state index contributed by atoms with van der Waals surface area (Å²) in [4.78, 5) is 11.1. The number of anilines is 1. The number of aromatic nitrogens is 3. The molecule has 1 aliphatic rings. The maximum atomic E-state index is 14.4. The number of hydrogen-bond acceptors (Lipinski definition) is 4. The molecule has 1 fully saturated rings. The van der Waals surface area contributed by atoms with Gasteiger partial charge in [-0.15, -0.1) is 0 Å². The number of imidazole rings is 1. The van der Waals surface area contributed by atoms with Crippen molar-refractivity contribution in [1.29, 1.82) is 0 Å². The van der Waals surface area contributed by atoms with Gasteiger partial charge in [-0.2, -0.15) is 0 Å². The first-order valence-corrected chi connectivity index (χ1v) is 9.18. The van der Waals surface area contributed by atoms with Gasteiger partial charge in [0.25, 0.3) is 0 Å². The quantitative estimate of drug-likeness (QED) is 0.731. The summed E-state index contributed by atoms with van der Waals surface area (Å²) in [6.07, 6.45) is 6.10. The SMILES string of the molecule is NCC1(F)CCN(c2nccn3c(-c4cccc(Cl)c4Cl)ncc23)CC1. The van der Waals surface area contributed by atoms with Gasteiger partial charge in [-0.3, -0.25) is 4.40 Å². The van der Waals surface area contributed by atoms with Crippen LogP contribution in [0.4, 0.5) is 10.2 Å². The fourth-order valence-electron chi connectivity index (χ4n) is 3.36. The van der Waals surface area contributed by atoms with Crippen molar-refractivity contribution in [3.8, 4) is 11.4 Å². The van der Waals surface area contributed by atoms with Crippen LogP contribution in [0, 0.1) is 0 Å². The first kappa shape index (κ1) is 17.5. The number of nitrogens with zero attached hydrogens (tertiary/aromatic N) is 4. The fourth-order valence-corrected chi connectivity index (χ4v) is 3.74. The average molecular weight is 394 g/mol. The van der Waals surface area contributed by atoms with Gasteiger partial charge in [-0.25, -0.2) is 14.4 Å². The Hall–Kier alpha value is -1.89. The highest BCUT2D eigenvalue weighted by Gasteiger charge is 2.34. The predicted octanol–water partition coefficient (Wildman–Crippen LogP) is 3.97. The zero-order valence-corrected chi connectivity index (χ0v) is 15.5. The van der Waals surface area contributed by atoms with Gasteiger partial charge in [0, 0.05) is 50.4 Å². The van der Waals surface area contributed by atoms with Crippen LogP contribution in [0.25, 0.3) is 16.9 Å². The Kier molecular flexibility index (Phi) is 4.50. The zero-order chi connectivity index (χ0) is 18.3. The molecule has 1 aliphatic heterocycles. The summed E-state index contributed by atoms with van der Waals surface area (Å²) in [5.74, 6) is 1.47. The van der Waals surface area contributed by atoms with Crippen molar-refractivity contribution in [2.75, 3.05) is 24.5 Å². The third-order valence-electron chi connectivity index (χ3n) is 4.96. The van der Waals surface area contributed by atoms with Gasteiger partial charge >= 0.3 is 0 Å². The van der Waals surface area contributed by atoms with Crippen molar-refractivity contribution in [3.05, 3.63) is 46.8 Å². The van der Waals surface area contributed by atoms with Gasteiger partial charge in [0.15, 0.2) is 5.82 Å². The molecule has 2 N–H and O–H groups in total. The molecule has 0 amide bonds. The molecule has 1 saturated heterocycles. The highest BCUT2D eigenvalue weighted by molar-refractivity contribution is 6.43. The molecule has 0 bridgehead atoms. The number of benzene rings is 1. The van der Waals surface area contributed by atoms with E-state index in [-0.39, 0.29) is 6.54 Å². The van der Waals surface area contributed by atoms with Crippen LogP contribution < -0.4 is 10.6 Å². The molecule has 26 heavy (non-hydrogen) atoms. The first-order valence-electron chi connectivity index (χ1n) is 8.43. The molecule has 2 aromatic heterocycles. The van der Waals surface area contributed by atoms with E-state index in [9.17, 15) is 4.39 Å². The molecule has 0 aliphatic carbocycles. The van der Waals surface area contributed by atoms with Crippen LogP contribution in [0.2, 0.25) is 10.0 Å². The van der Waals surface area contributed by atoms with Crippen LogP contribution in [0.5, 0.6) is 0 Å². The molecular weight excluding hydrogens is 376 g/mol. The number of halogens is 3. The highest BCUT2D eigenvalue weighted by Crippen LogP contribution is 2.35. The lowest BCUT2D eigenvalue weighted by atomic mass is 9.93. The van der Waals surface area contributed by atoms with Gasteiger partial charge in [-0.05, 0) is 12.1 Å². The van der Waals surface area contributed by atoms with E-state index in [1.807, 2.05) is 22.7 Å². The number of piperidine rings is 1. The minimum atomic E-state index is -1.28. The van der Waals surface area contributed by atoms with Crippen LogP contribution in [0.15, 0.2) is 36.8 Å². The third-order valence-corrected chi connectivity index (χ3v) is 5.77. The predicted molar refractivity (Wildman–Crippen MR) is 103 cm³/mol. The Labute approximate surface area is 160 Å². The first-order chi connectivity index (χ1) is 12.5. The van der Waals surface area contributed by atoms with E-state index < -0.39 is 5.67 Å². The normalized spacial score (nSPS) is 17.0. The smallest absolute Gasteiger partial charge is 0.154 e. The standard InChI is InChI=1S/C18H18Cl2FN5/c19-13-3-1-2-12(15(13)20)16-24-10-14-17(23-6-9-26(14)16)25-7-4-18(21,11-22)5-8-25/h1-3,6,9-10H,4-5,7-8,11,22H2. The van der Waals surface area contributed by atoms with E-state index in [4.69, 9.17) is 28.9 Å². The molecular formula is C18H18Cl2FN5. The summed E-state index contributed by atoms with van der Waals surface area (Å²) < 4.78 is 16.3. The highest BCUT2D eigenvalue weighted by atomic mass is 35.5. The molecule has 8 heteroatoms. The number of hydrogen-bond donors (Lipinski definition) is 1. The summed E-state index contributed by atoms with van der Waals surface area (Å²) >= 11 is 12.5. The van der Waals surface area contributed by atoms with Crippen molar-refractivity contribution < 1.29 is 4.39 Å². The maximum Gasteiger partial charge on any atom is 0.154 e. The van der Waals surface area contributed by atoms with Gasteiger partial charge in [0.2, 0.25) is 0 Å². The zero-order valence-electron chi connectivity index (χ0n) is 14.0. The summed E-state index contributed by atoms with van der Waals surface area (Å²) in [6, 6.07) is 5.46. The largest absolute Gasteiger partial charge is 0.355 e. The second kappa shape index (κ2) is 6.68. The van der Waals surface area contributed by atoms with Crippen molar-refractivity contribution in [2.45, 2.75) is 18.5 Å². The van der Waals surface area contributed by atoms with Gasteiger partial charge in [-0.1, -0.05) is 29.3 Å². The molecule has 0 saturated carbocycles. The molecule has 0 spiro atoms. The minimum absolute atomic E-state index is 0.0581. The van der Waals surface area contributed by atoms with Crippen LogP contribution in [0.1, 0.15) is 12.8 Å². The fraction of sp³-hybridized carbons (Fsp3) is 0.333. The van der Waals surface area contributed by atoms with E-state index in [0.717, 1.165) is 16.9 Å². The molecule has 4 rings (SSSR count). The molecule has 136 valence electrons. The van der Waals surface area contributed by atoms with Crippen LogP contribution >= 0.6 is 23.2 Å². The third kappa shape index (κ3) is 2.92. The van der Waals surface area contributed by atoms with Crippen molar-refractivity contribution >= 4 is 34.5 Å². The van der Waals surface area contributed by atoms with Crippen LogP contribution in [0.3, 0.4) is 0 Å². The molecule has 0 atom stereocenters. The van der Waals surface area contributed by atoms with Gasteiger partial charge in [0.05, 0.1) is 16.2 Å².